The molecular formula is C20H21FN4O2. The highest BCUT2D eigenvalue weighted by Gasteiger charge is 2.22. The molecule has 27 heavy (non-hydrogen) atoms. The molecule has 0 atom stereocenters. The summed E-state index contributed by atoms with van der Waals surface area (Å²) in [5.74, 6) is -1.10. The molecule has 0 bridgehead atoms. The molecular weight excluding hydrogens is 347 g/mol. The van der Waals surface area contributed by atoms with Crippen LogP contribution in [0.5, 0.6) is 0 Å². The molecule has 0 radical (unpaired) electrons. The third-order valence-corrected chi connectivity index (χ3v) is 5.05. The number of aromatic nitrogens is 1. The fourth-order valence-electron chi connectivity index (χ4n) is 3.58. The highest BCUT2D eigenvalue weighted by atomic mass is 19.1. The molecule has 6 nitrogen and oxygen atoms in total. The van der Waals surface area contributed by atoms with Gasteiger partial charge in [-0.3, -0.25) is 9.59 Å². The zero-order valence-electron chi connectivity index (χ0n) is 14.9. The van der Waals surface area contributed by atoms with Gasteiger partial charge < -0.3 is 15.5 Å². The minimum absolute atomic E-state index is 0.0961. The van der Waals surface area contributed by atoms with Crippen LogP contribution in [0.15, 0.2) is 30.3 Å². The first-order chi connectivity index (χ1) is 13.1. The van der Waals surface area contributed by atoms with Crippen LogP contribution >= 0.6 is 0 Å². The molecule has 2 N–H and O–H groups in total. The predicted molar refractivity (Wildman–Crippen MR) is 99.1 cm³/mol. The van der Waals surface area contributed by atoms with Gasteiger partial charge in [-0.05, 0) is 55.1 Å². The Bertz CT molecular complexity index is 894. The van der Waals surface area contributed by atoms with E-state index in [0.717, 1.165) is 18.4 Å². The van der Waals surface area contributed by atoms with Gasteiger partial charge in [-0.2, -0.15) is 0 Å². The van der Waals surface area contributed by atoms with E-state index in [1.807, 2.05) is 6.07 Å². The lowest BCUT2D eigenvalue weighted by molar-refractivity contribution is 0.0787. The predicted octanol–water partition coefficient (Wildman–Crippen LogP) is 2.35. The Hall–Kier alpha value is -2.80. The van der Waals surface area contributed by atoms with E-state index in [1.54, 1.807) is 23.1 Å². The number of rotatable bonds is 3. The van der Waals surface area contributed by atoms with Crippen molar-refractivity contribution in [3.8, 4) is 0 Å². The van der Waals surface area contributed by atoms with Gasteiger partial charge in [0.25, 0.3) is 11.8 Å². The van der Waals surface area contributed by atoms with Crippen LogP contribution < -0.4 is 10.6 Å². The molecule has 140 valence electrons. The quantitative estimate of drug-likeness (QED) is 0.872. The number of hydrogen-bond donors (Lipinski definition) is 2. The fourth-order valence-corrected chi connectivity index (χ4v) is 3.58. The van der Waals surface area contributed by atoms with Crippen LogP contribution in [0.1, 0.15) is 44.9 Å². The summed E-state index contributed by atoms with van der Waals surface area (Å²) in [7, 11) is 0. The second kappa shape index (κ2) is 7.44. The number of carbonyl (C=O) groups is 2. The number of hydrogen-bond acceptors (Lipinski definition) is 4. The van der Waals surface area contributed by atoms with E-state index in [1.165, 1.54) is 6.07 Å². The van der Waals surface area contributed by atoms with Gasteiger partial charge in [0, 0.05) is 19.6 Å². The topological polar surface area (TPSA) is 74.3 Å². The maximum absolute atomic E-state index is 14.7. The molecule has 0 saturated carbocycles. The number of nitrogens with one attached hydrogen (secondary N) is 2. The maximum Gasteiger partial charge on any atom is 0.274 e. The molecule has 7 heteroatoms. The van der Waals surface area contributed by atoms with E-state index in [2.05, 4.69) is 15.6 Å². The highest BCUT2D eigenvalue weighted by molar-refractivity contribution is 6.04. The standard InChI is InChI=1S/C20H21FN4O2/c21-18-14-8-9-22-12-13(14)6-7-15(18)24-19(26)16-4-3-5-17(23-16)20(27)25-10-1-2-11-25/h3-7,22H,1-2,8-12H2,(H,24,26). The van der Waals surface area contributed by atoms with E-state index in [0.29, 0.717) is 38.2 Å². The molecule has 1 aromatic carbocycles. The summed E-state index contributed by atoms with van der Waals surface area (Å²) in [4.78, 5) is 30.9. The van der Waals surface area contributed by atoms with E-state index in [-0.39, 0.29) is 23.0 Å². The molecule has 2 aromatic rings. The minimum Gasteiger partial charge on any atom is -0.337 e. The Morgan fingerprint density at radius 2 is 1.89 bits per heavy atom. The van der Waals surface area contributed by atoms with Gasteiger partial charge in [0.05, 0.1) is 5.69 Å². The molecule has 2 aliphatic heterocycles. The zero-order chi connectivity index (χ0) is 18.8. The summed E-state index contributed by atoms with van der Waals surface area (Å²) in [5, 5.41) is 5.78. The molecule has 0 unspecified atom stereocenters. The third kappa shape index (κ3) is 3.55. The van der Waals surface area contributed by atoms with E-state index >= 15 is 0 Å². The molecule has 0 aliphatic carbocycles. The second-order valence-corrected chi connectivity index (χ2v) is 6.85. The van der Waals surface area contributed by atoms with Crippen molar-refractivity contribution < 1.29 is 14.0 Å². The number of likely N-dealkylation sites (tertiary alicyclic amines) is 1. The number of amides is 2. The normalized spacial score (nSPS) is 16.1. The molecule has 1 fully saturated rings. The summed E-state index contributed by atoms with van der Waals surface area (Å²) in [6.07, 6.45) is 2.56. The summed E-state index contributed by atoms with van der Waals surface area (Å²) in [6.45, 7) is 2.77. The van der Waals surface area contributed by atoms with Gasteiger partial charge in [0.1, 0.15) is 17.2 Å². The van der Waals surface area contributed by atoms with Gasteiger partial charge in [0.15, 0.2) is 0 Å². The second-order valence-electron chi connectivity index (χ2n) is 6.85. The van der Waals surface area contributed by atoms with Gasteiger partial charge >= 0.3 is 0 Å². The van der Waals surface area contributed by atoms with Crippen LogP contribution in [-0.2, 0) is 13.0 Å². The molecule has 0 spiro atoms. The number of fused-ring (bicyclic) bond motifs is 1. The lowest BCUT2D eigenvalue weighted by Crippen LogP contribution is -2.29. The molecule has 3 heterocycles. The van der Waals surface area contributed by atoms with Crippen LogP contribution in [0.2, 0.25) is 0 Å². The smallest absolute Gasteiger partial charge is 0.274 e. The van der Waals surface area contributed by atoms with E-state index in [4.69, 9.17) is 0 Å². The molecule has 1 saturated heterocycles. The highest BCUT2D eigenvalue weighted by Crippen LogP contribution is 2.25. The van der Waals surface area contributed by atoms with E-state index < -0.39 is 11.7 Å². The van der Waals surface area contributed by atoms with Crippen LogP contribution in [0.25, 0.3) is 0 Å². The minimum atomic E-state index is -0.529. The van der Waals surface area contributed by atoms with Crippen LogP contribution in [0.4, 0.5) is 10.1 Å². The molecule has 2 aliphatic rings. The van der Waals surface area contributed by atoms with Crippen molar-refractivity contribution in [2.75, 3.05) is 25.0 Å². The Kier molecular flexibility index (Phi) is 4.85. The Morgan fingerprint density at radius 3 is 2.70 bits per heavy atom. The van der Waals surface area contributed by atoms with Crippen LogP contribution in [-0.4, -0.2) is 41.3 Å². The lowest BCUT2D eigenvalue weighted by Gasteiger charge is -2.19. The number of carbonyl (C=O) groups excluding carboxylic acids is 2. The number of nitrogens with zero attached hydrogens (tertiary/aromatic N) is 2. The van der Waals surface area contributed by atoms with Gasteiger partial charge in [-0.1, -0.05) is 12.1 Å². The maximum atomic E-state index is 14.7. The van der Waals surface area contributed by atoms with Crippen molar-refractivity contribution in [2.45, 2.75) is 25.8 Å². The average Bonchev–Trinajstić information content (AvgIpc) is 3.24. The van der Waals surface area contributed by atoms with Crippen molar-refractivity contribution in [3.05, 3.63) is 58.7 Å². The summed E-state index contributed by atoms with van der Waals surface area (Å²) < 4.78 is 14.7. The fraction of sp³-hybridized carbons (Fsp3) is 0.350. The lowest BCUT2D eigenvalue weighted by atomic mass is 9.99. The number of benzene rings is 1. The van der Waals surface area contributed by atoms with Crippen molar-refractivity contribution in [1.29, 1.82) is 0 Å². The van der Waals surface area contributed by atoms with Gasteiger partial charge in [0.2, 0.25) is 0 Å². The van der Waals surface area contributed by atoms with Crippen molar-refractivity contribution in [1.82, 2.24) is 15.2 Å². The van der Waals surface area contributed by atoms with E-state index in [9.17, 15) is 14.0 Å². The Balaban J connectivity index is 1.53. The first-order valence-electron chi connectivity index (χ1n) is 9.22. The van der Waals surface area contributed by atoms with Gasteiger partial charge in [-0.25, -0.2) is 9.37 Å². The zero-order valence-corrected chi connectivity index (χ0v) is 14.9. The summed E-state index contributed by atoms with van der Waals surface area (Å²) in [5.41, 5.74) is 2.02. The number of pyridine rings is 1. The van der Waals surface area contributed by atoms with Crippen molar-refractivity contribution in [2.24, 2.45) is 0 Å². The van der Waals surface area contributed by atoms with Crippen molar-refractivity contribution in [3.63, 3.8) is 0 Å². The first kappa shape index (κ1) is 17.6. The molecule has 1 aromatic heterocycles. The number of halogens is 1. The Labute approximate surface area is 156 Å². The summed E-state index contributed by atoms with van der Waals surface area (Å²) in [6, 6.07) is 8.14. The molecule has 4 rings (SSSR count). The van der Waals surface area contributed by atoms with Crippen LogP contribution in [0, 0.1) is 5.82 Å². The average molecular weight is 368 g/mol. The Morgan fingerprint density at radius 1 is 1.11 bits per heavy atom. The van der Waals surface area contributed by atoms with Gasteiger partial charge in [-0.15, -0.1) is 0 Å². The van der Waals surface area contributed by atoms with Crippen LogP contribution in [0.3, 0.4) is 0 Å². The SMILES string of the molecule is O=C(Nc1ccc2c(c1F)CCNC2)c1cccc(C(=O)N2CCCC2)n1. The van der Waals surface area contributed by atoms with Crippen molar-refractivity contribution >= 4 is 17.5 Å². The monoisotopic (exact) mass is 368 g/mol. The number of anilines is 1. The molecule has 2 amide bonds. The third-order valence-electron chi connectivity index (χ3n) is 5.05. The summed E-state index contributed by atoms with van der Waals surface area (Å²) >= 11 is 0. The first-order valence-corrected chi connectivity index (χ1v) is 9.22. The largest absolute Gasteiger partial charge is 0.337 e.